The predicted octanol–water partition coefficient (Wildman–Crippen LogP) is 6.80. The van der Waals surface area contributed by atoms with Crippen molar-refractivity contribution in [1.29, 1.82) is 0 Å². The molecular formula is C27H46N3O4Si. The van der Waals surface area contributed by atoms with Gasteiger partial charge in [-0.15, -0.1) is 0 Å². The van der Waals surface area contributed by atoms with Gasteiger partial charge in [-0.2, -0.15) is 0 Å². The molecule has 1 unspecified atom stereocenters. The van der Waals surface area contributed by atoms with Crippen molar-refractivity contribution in [2.75, 3.05) is 23.3 Å². The number of nitro benzene ring substituents is 1. The van der Waals surface area contributed by atoms with E-state index in [1.807, 2.05) is 27.7 Å². The maximum absolute atomic E-state index is 12.9. The van der Waals surface area contributed by atoms with Crippen LogP contribution in [0.5, 0.6) is 0 Å². The van der Waals surface area contributed by atoms with Gasteiger partial charge in [0.1, 0.15) is 0 Å². The topological polar surface area (TPSA) is 84.7 Å². The largest absolute Gasteiger partial charge is 0.414 e. The highest BCUT2D eigenvalue weighted by molar-refractivity contribution is 6.48. The number of amides is 1. The van der Waals surface area contributed by atoms with Gasteiger partial charge in [-0.25, -0.2) is 0 Å². The van der Waals surface area contributed by atoms with Gasteiger partial charge in [0.2, 0.25) is 14.9 Å². The average molecular weight is 505 g/mol. The van der Waals surface area contributed by atoms with Crippen LogP contribution in [0.25, 0.3) is 0 Å². The lowest BCUT2D eigenvalue weighted by molar-refractivity contribution is -0.386. The smallest absolute Gasteiger partial charge is 0.277 e. The van der Waals surface area contributed by atoms with Crippen LogP contribution in [-0.2, 0) is 15.6 Å². The van der Waals surface area contributed by atoms with Crippen LogP contribution in [0, 0.1) is 34.8 Å². The molecule has 2 rings (SSSR count). The third kappa shape index (κ3) is 7.29. The molecule has 1 aliphatic heterocycles. The Morgan fingerprint density at radius 2 is 1.74 bits per heavy atom. The number of unbranched alkanes of at least 4 members (excludes halogenated alkanes) is 2. The monoisotopic (exact) mass is 504 g/mol. The maximum Gasteiger partial charge on any atom is 0.277 e. The number of benzene rings is 1. The van der Waals surface area contributed by atoms with Crippen molar-refractivity contribution in [3.05, 3.63) is 26.8 Å². The number of carbonyl (C=O) groups excluding carboxylic acids is 1. The van der Waals surface area contributed by atoms with Gasteiger partial charge in [0.25, 0.3) is 5.69 Å². The predicted molar refractivity (Wildman–Crippen MR) is 147 cm³/mol. The van der Waals surface area contributed by atoms with Crippen molar-refractivity contribution < 1.29 is 14.1 Å². The van der Waals surface area contributed by atoms with Gasteiger partial charge in [-0.05, 0) is 57.2 Å². The summed E-state index contributed by atoms with van der Waals surface area (Å²) in [7, 11) is -0.737. The molecule has 7 nitrogen and oxygen atoms in total. The van der Waals surface area contributed by atoms with E-state index in [0.717, 1.165) is 62.0 Å². The molecular weight excluding hydrogens is 458 g/mol. The molecule has 0 fully saturated rings. The van der Waals surface area contributed by atoms with Crippen LogP contribution in [0.2, 0.25) is 13.1 Å². The molecule has 0 saturated carbocycles. The highest BCUT2D eigenvalue weighted by atomic mass is 28.3. The number of nitrogens with one attached hydrogen (secondary N) is 1. The summed E-state index contributed by atoms with van der Waals surface area (Å²) in [6, 6.07) is 0. The molecule has 0 bridgehead atoms. The van der Waals surface area contributed by atoms with E-state index in [1.165, 1.54) is 0 Å². The molecule has 1 aromatic rings. The number of nitro groups is 1. The van der Waals surface area contributed by atoms with Crippen molar-refractivity contribution in [3.63, 3.8) is 0 Å². The molecule has 1 amide bonds. The van der Waals surface area contributed by atoms with E-state index < -0.39 is 14.5 Å². The Morgan fingerprint density at radius 1 is 1.11 bits per heavy atom. The molecule has 1 atom stereocenters. The minimum Gasteiger partial charge on any atom is -0.414 e. The van der Waals surface area contributed by atoms with Crippen molar-refractivity contribution in [2.45, 2.75) is 107 Å². The zero-order valence-electron chi connectivity index (χ0n) is 23.6. The van der Waals surface area contributed by atoms with E-state index in [2.05, 4.69) is 44.1 Å². The van der Waals surface area contributed by atoms with Crippen LogP contribution in [0.15, 0.2) is 0 Å². The minimum absolute atomic E-state index is 0.121. The number of fused-ring (bicyclic) bond motifs is 1. The fraction of sp³-hybridized carbons (Fsp3) is 0.741. The van der Waals surface area contributed by atoms with Crippen LogP contribution in [0.4, 0.5) is 17.1 Å². The molecule has 0 aliphatic carbocycles. The normalized spacial score (nSPS) is 14.9. The molecule has 0 aromatic heterocycles. The summed E-state index contributed by atoms with van der Waals surface area (Å²) in [6.45, 7) is 22.0. The SMILES string of the molecule is Cc1c2c(c(NC(=O)C(C)(C)C)c(C)c1[N+](=O)[O-])N(CCCCCC(O[Si](C)C)C(C)(C)C)CC2. The summed E-state index contributed by atoms with van der Waals surface area (Å²) in [5, 5.41) is 14.9. The Morgan fingerprint density at radius 3 is 2.26 bits per heavy atom. The van der Waals surface area contributed by atoms with E-state index in [-0.39, 0.29) is 28.0 Å². The van der Waals surface area contributed by atoms with Gasteiger partial charge in [0.05, 0.1) is 21.9 Å². The zero-order valence-corrected chi connectivity index (χ0v) is 24.6. The number of nitrogens with zero attached hydrogens (tertiary/aromatic N) is 2. The van der Waals surface area contributed by atoms with E-state index in [0.29, 0.717) is 11.3 Å². The average Bonchev–Trinajstić information content (AvgIpc) is 3.12. The van der Waals surface area contributed by atoms with Gasteiger partial charge in [-0.1, -0.05) is 54.4 Å². The van der Waals surface area contributed by atoms with Crippen molar-refractivity contribution in [1.82, 2.24) is 0 Å². The summed E-state index contributed by atoms with van der Waals surface area (Å²) in [4.78, 5) is 26.7. The highest BCUT2D eigenvalue weighted by Crippen LogP contribution is 2.45. The Labute approximate surface area is 213 Å². The van der Waals surface area contributed by atoms with E-state index in [4.69, 9.17) is 4.43 Å². The lowest BCUT2D eigenvalue weighted by Crippen LogP contribution is -2.33. The maximum atomic E-state index is 12.9. The van der Waals surface area contributed by atoms with Gasteiger partial charge in [0, 0.05) is 30.2 Å². The van der Waals surface area contributed by atoms with Crippen molar-refractivity contribution >= 4 is 32.0 Å². The van der Waals surface area contributed by atoms with Gasteiger partial charge < -0.3 is 14.6 Å². The van der Waals surface area contributed by atoms with E-state index >= 15 is 0 Å². The fourth-order valence-electron chi connectivity index (χ4n) is 4.78. The van der Waals surface area contributed by atoms with Crippen molar-refractivity contribution in [3.8, 4) is 0 Å². The number of carbonyl (C=O) groups is 1. The molecule has 1 radical (unpaired) electrons. The Balaban J connectivity index is 2.19. The molecule has 8 heteroatoms. The van der Waals surface area contributed by atoms with Gasteiger partial charge in [-0.3, -0.25) is 14.9 Å². The lowest BCUT2D eigenvalue weighted by Gasteiger charge is -2.32. The minimum atomic E-state index is -0.737. The summed E-state index contributed by atoms with van der Waals surface area (Å²) < 4.78 is 6.27. The Kier molecular flexibility index (Phi) is 9.56. The number of hydrogen-bond donors (Lipinski definition) is 1. The van der Waals surface area contributed by atoms with Crippen LogP contribution in [0.1, 0.15) is 83.9 Å². The molecule has 197 valence electrons. The Hall–Kier alpha value is -1.93. The molecule has 1 aromatic carbocycles. The second-order valence-electron chi connectivity index (χ2n) is 12.2. The number of rotatable bonds is 10. The first-order chi connectivity index (χ1) is 16.1. The molecule has 0 spiro atoms. The standard InChI is InChI=1S/C27H46N3O4Si/c1-18-20-15-17-29(16-13-11-12-14-21(26(3,4)5)34-35(9)10)24(20)22(19(2)23(18)30(32)33)28-25(31)27(6,7)8/h21H,11-17H2,1-10H3,(H,28,31). The van der Waals surface area contributed by atoms with E-state index in [9.17, 15) is 14.9 Å². The Bertz CT molecular complexity index is 932. The lowest BCUT2D eigenvalue weighted by atomic mass is 9.86. The molecule has 35 heavy (non-hydrogen) atoms. The first kappa shape index (κ1) is 29.3. The third-order valence-corrected chi connectivity index (χ3v) is 7.61. The van der Waals surface area contributed by atoms with Crippen LogP contribution >= 0.6 is 0 Å². The third-order valence-electron chi connectivity index (χ3n) is 6.85. The van der Waals surface area contributed by atoms with Gasteiger partial charge in [0.15, 0.2) is 0 Å². The quantitative estimate of drug-likeness (QED) is 0.164. The van der Waals surface area contributed by atoms with Gasteiger partial charge >= 0.3 is 0 Å². The van der Waals surface area contributed by atoms with E-state index in [1.54, 1.807) is 6.92 Å². The second-order valence-corrected chi connectivity index (χ2v) is 14.3. The van der Waals surface area contributed by atoms with Crippen molar-refractivity contribution in [2.24, 2.45) is 10.8 Å². The molecule has 1 heterocycles. The number of hydrogen-bond acceptors (Lipinski definition) is 5. The molecule has 0 saturated heterocycles. The first-order valence-electron chi connectivity index (χ1n) is 12.9. The zero-order chi connectivity index (χ0) is 26.7. The molecule has 1 aliphatic rings. The van der Waals surface area contributed by atoms with Crippen LogP contribution in [-0.4, -0.2) is 39.1 Å². The van der Waals surface area contributed by atoms with Crippen LogP contribution < -0.4 is 10.2 Å². The first-order valence-corrected chi connectivity index (χ1v) is 15.3. The summed E-state index contributed by atoms with van der Waals surface area (Å²) >= 11 is 0. The molecule has 1 N–H and O–H groups in total. The van der Waals surface area contributed by atoms with Crippen LogP contribution in [0.3, 0.4) is 0 Å². The fourth-order valence-corrected chi connectivity index (χ4v) is 5.82. The second kappa shape index (κ2) is 11.4. The summed E-state index contributed by atoms with van der Waals surface area (Å²) in [5.74, 6) is -0.131. The summed E-state index contributed by atoms with van der Waals surface area (Å²) in [5.41, 5.74) is 3.51. The number of anilines is 2. The highest BCUT2D eigenvalue weighted by Gasteiger charge is 2.34. The summed E-state index contributed by atoms with van der Waals surface area (Å²) in [6.07, 6.45) is 5.36.